The number of carbonyl (C=O) groups is 1. The first-order chi connectivity index (χ1) is 16.7. The van der Waals surface area contributed by atoms with Gasteiger partial charge >= 0.3 is 11.7 Å². The molecule has 0 amide bonds. The third-order valence-corrected chi connectivity index (χ3v) is 6.48. The highest BCUT2D eigenvalue weighted by molar-refractivity contribution is 5.71. The minimum atomic E-state index is -0.574. The average Bonchev–Trinajstić information content (AvgIpc) is 3.16. The molecule has 35 heavy (non-hydrogen) atoms. The molecule has 3 aromatic rings. The Morgan fingerprint density at radius 2 is 1.91 bits per heavy atom. The fourth-order valence-electron chi connectivity index (χ4n) is 4.83. The van der Waals surface area contributed by atoms with Crippen molar-refractivity contribution in [3.05, 3.63) is 87.4 Å². The van der Waals surface area contributed by atoms with E-state index in [9.17, 15) is 9.59 Å². The first-order valence-corrected chi connectivity index (χ1v) is 12.7. The molecule has 0 saturated heterocycles. The van der Waals surface area contributed by atoms with Gasteiger partial charge in [0.05, 0.1) is 12.5 Å². The monoisotopic (exact) mass is 475 g/mol. The largest absolute Gasteiger partial charge is 0.460 e. The molecule has 6 nitrogen and oxygen atoms in total. The van der Waals surface area contributed by atoms with Gasteiger partial charge in [0.2, 0.25) is 0 Å². The van der Waals surface area contributed by atoms with Gasteiger partial charge in [-0.1, -0.05) is 35.9 Å². The second kappa shape index (κ2) is 10.6. The number of carbonyl (C=O) groups excluding carboxylic acids is 1. The van der Waals surface area contributed by atoms with Crippen molar-refractivity contribution in [2.45, 2.75) is 90.8 Å². The summed E-state index contributed by atoms with van der Waals surface area (Å²) in [6.45, 7) is 8.18. The van der Waals surface area contributed by atoms with Gasteiger partial charge in [0.25, 0.3) is 0 Å². The molecule has 0 saturated carbocycles. The van der Waals surface area contributed by atoms with E-state index in [4.69, 9.17) is 9.72 Å². The molecule has 2 aromatic heterocycles. The number of pyridine rings is 1. The van der Waals surface area contributed by atoms with Crippen molar-refractivity contribution in [1.29, 1.82) is 0 Å². The molecule has 186 valence electrons. The zero-order valence-electron chi connectivity index (χ0n) is 21.4. The van der Waals surface area contributed by atoms with E-state index in [2.05, 4.69) is 12.1 Å². The van der Waals surface area contributed by atoms with E-state index in [1.807, 2.05) is 58.2 Å². The van der Waals surface area contributed by atoms with Crippen molar-refractivity contribution in [2.75, 3.05) is 0 Å². The lowest BCUT2D eigenvalue weighted by molar-refractivity contribution is -0.155. The van der Waals surface area contributed by atoms with Crippen LogP contribution in [0.25, 0.3) is 0 Å². The molecule has 0 aliphatic heterocycles. The molecule has 4 rings (SSSR count). The zero-order valence-corrected chi connectivity index (χ0v) is 21.4. The number of rotatable bonds is 8. The van der Waals surface area contributed by atoms with Crippen molar-refractivity contribution < 1.29 is 9.53 Å². The Bertz CT molecular complexity index is 1230. The van der Waals surface area contributed by atoms with Crippen LogP contribution in [0.1, 0.15) is 80.6 Å². The van der Waals surface area contributed by atoms with Gasteiger partial charge in [-0.2, -0.15) is 0 Å². The molecule has 0 spiro atoms. The lowest BCUT2D eigenvalue weighted by Crippen LogP contribution is -2.31. The van der Waals surface area contributed by atoms with Crippen LogP contribution in [-0.2, 0) is 35.3 Å². The average molecular weight is 476 g/mol. The number of esters is 1. The van der Waals surface area contributed by atoms with Crippen LogP contribution < -0.4 is 5.69 Å². The standard InChI is InChI=1S/C29H37N3O3/c1-21-9-7-11-23(19-21)26(20-27(33)35-29(2,3)4)32-18-17-31(28(32)34)16-8-12-24-15-14-22-10-5-6-13-25(22)30-24/h7,9,11,14-15,17-19,26H,5-6,8,10,12-13,16,20H2,1-4H3/t26-/m0/s1. The lowest BCUT2D eigenvalue weighted by Gasteiger charge is -2.23. The molecule has 0 N–H and O–H groups in total. The highest BCUT2D eigenvalue weighted by Gasteiger charge is 2.24. The van der Waals surface area contributed by atoms with Crippen LogP contribution in [0.2, 0.25) is 0 Å². The number of ether oxygens (including phenoxy) is 1. The zero-order chi connectivity index (χ0) is 25.0. The quantitative estimate of drug-likeness (QED) is 0.421. The molecule has 1 aromatic carbocycles. The SMILES string of the molecule is Cc1cccc([C@H](CC(=O)OC(C)(C)C)n2ccn(CCCc3ccc4c(n3)CCCC4)c2=O)c1. The highest BCUT2D eigenvalue weighted by atomic mass is 16.6. The van der Waals surface area contributed by atoms with Crippen LogP contribution >= 0.6 is 0 Å². The Morgan fingerprint density at radius 1 is 1.11 bits per heavy atom. The third kappa shape index (κ3) is 6.50. The molecule has 2 heterocycles. The maximum absolute atomic E-state index is 13.3. The van der Waals surface area contributed by atoms with Crippen LogP contribution in [0.5, 0.6) is 0 Å². The molecule has 1 atom stereocenters. The summed E-state index contributed by atoms with van der Waals surface area (Å²) >= 11 is 0. The summed E-state index contributed by atoms with van der Waals surface area (Å²) in [6.07, 6.45) is 10.1. The topological polar surface area (TPSA) is 66.1 Å². The van der Waals surface area contributed by atoms with Gasteiger partial charge in [-0.05, 0) is 83.4 Å². The smallest absolute Gasteiger partial charge is 0.328 e. The first-order valence-electron chi connectivity index (χ1n) is 12.7. The summed E-state index contributed by atoms with van der Waals surface area (Å²) in [6, 6.07) is 11.9. The molecule has 6 heteroatoms. The maximum atomic E-state index is 13.3. The van der Waals surface area contributed by atoms with Crippen LogP contribution in [0, 0.1) is 6.92 Å². The van der Waals surface area contributed by atoms with Gasteiger partial charge in [0.15, 0.2) is 0 Å². The second-order valence-corrected chi connectivity index (χ2v) is 10.6. The van der Waals surface area contributed by atoms with E-state index >= 15 is 0 Å². The number of benzene rings is 1. The summed E-state index contributed by atoms with van der Waals surface area (Å²) in [5, 5.41) is 0. The van der Waals surface area contributed by atoms with Gasteiger partial charge < -0.3 is 4.74 Å². The Balaban J connectivity index is 1.48. The van der Waals surface area contributed by atoms with Crippen LogP contribution in [0.15, 0.2) is 53.6 Å². The van der Waals surface area contributed by atoms with Crippen LogP contribution in [-0.4, -0.2) is 25.7 Å². The predicted octanol–water partition coefficient (Wildman–Crippen LogP) is 5.19. The minimum Gasteiger partial charge on any atom is -0.460 e. The summed E-state index contributed by atoms with van der Waals surface area (Å²) < 4.78 is 8.97. The van der Waals surface area contributed by atoms with Gasteiger partial charge in [-0.15, -0.1) is 0 Å². The summed E-state index contributed by atoms with van der Waals surface area (Å²) in [7, 11) is 0. The number of fused-ring (bicyclic) bond motifs is 1. The number of nitrogens with zero attached hydrogens (tertiary/aromatic N) is 3. The number of aromatic nitrogens is 3. The molecular formula is C29H37N3O3. The fourth-order valence-corrected chi connectivity index (χ4v) is 4.83. The molecule has 0 radical (unpaired) electrons. The molecule has 1 aliphatic rings. The van der Waals surface area contributed by atoms with E-state index in [0.717, 1.165) is 42.5 Å². The fraction of sp³-hybridized carbons (Fsp3) is 0.483. The third-order valence-electron chi connectivity index (χ3n) is 6.48. The molecule has 0 unspecified atom stereocenters. The Kier molecular flexibility index (Phi) is 7.58. The number of hydrogen-bond donors (Lipinski definition) is 0. The van der Waals surface area contributed by atoms with E-state index in [-0.39, 0.29) is 18.1 Å². The van der Waals surface area contributed by atoms with Crippen molar-refractivity contribution >= 4 is 5.97 Å². The van der Waals surface area contributed by atoms with Gasteiger partial charge in [0.1, 0.15) is 5.60 Å². The molecule has 0 fully saturated rings. The van der Waals surface area contributed by atoms with Crippen molar-refractivity contribution in [1.82, 2.24) is 14.1 Å². The van der Waals surface area contributed by atoms with E-state index in [1.165, 1.54) is 24.1 Å². The Labute approximate surface area is 208 Å². The first kappa shape index (κ1) is 25.0. The van der Waals surface area contributed by atoms with Gasteiger partial charge in [0, 0.05) is 30.3 Å². The summed E-state index contributed by atoms with van der Waals surface area (Å²) in [5.74, 6) is -0.317. The second-order valence-electron chi connectivity index (χ2n) is 10.6. The minimum absolute atomic E-state index is 0.101. The van der Waals surface area contributed by atoms with Crippen molar-refractivity contribution in [3.63, 3.8) is 0 Å². The Hall–Kier alpha value is -3.15. The van der Waals surface area contributed by atoms with Crippen LogP contribution in [0.4, 0.5) is 0 Å². The highest BCUT2D eigenvalue weighted by Crippen LogP contribution is 2.24. The predicted molar refractivity (Wildman–Crippen MR) is 138 cm³/mol. The summed E-state index contributed by atoms with van der Waals surface area (Å²) in [5.41, 5.74) is 5.06. The summed E-state index contributed by atoms with van der Waals surface area (Å²) in [4.78, 5) is 30.9. The van der Waals surface area contributed by atoms with Crippen molar-refractivity contribution in [3.8, 4) is 0 Å². The van der Waals surface area contributed by atoms with E-state index in [0.29, 0.717) is 6.54 Å². The van der Waals surface area contributed by atoms with Gasteiger partial charge in [-0.25, -0.2) is 4.79 Å². The number of aryl methyl sites for hydroxylation is 5. The van der Waals surface area contributed by atoms with Crippen molar-refractivity contribution in [2.24, 2.45) is 0 Å². The molecular weight excluding hydrogens is 438 g/mol. The number of hydrogen-bond acceptors (Lipinski definition) is 4. The normalized spacial score (nSPS) is 14.4. The van der Waals surface area contributed by atoms with E-state index in [1.54, 1.807) is 15.3 Å². The lowest BCUT2D eigenvalue weighted by atomic mass is 9.95. The Morgan fingerprint density at radius 3 is 2.69 bits per heavy atom. The van der Waals surface area contributed by atoms with Crippen LogP contribution in [0.3, 0.4) is 0 Å². The number of imidazole rings is 1. The molecule has 0 bridgehead atoms. The molecule has 1 aliphatic carbocycles. The maximum Gasteiger partial charge on any atom is 0.328 e. The van der Waals surface area contributed by atoms with E-state index < -0.39 is 11.6 Å². The van der Waals surface area contributed by atoms with Gasteiger partial charge in [-0.3, -0.25) is 18.9 Å².